The van der Waals surface area contributed by atoms with E-state index in [1.54, 1.807) is 0 Å². The smallest absolute Gasteiger partial charge is 0.226 e. The summed E-state index contributed by atoms with van der Waals surface area (Å²) in [4.78, 5) is 29.7. The van der Waals surface area contributed by atoms with Crippen molar-refractivity contribution >= 4 is 28.4 Å². The zero-order valence-electron chi connectivity index (χ0n) is 18.9. The van der Waals surface area contributed by atoms with Gasteiger partial charge >= 0.3 is 0 Å². The van der Waals surface area contributed by atoms with Gasteiger partial charge in [0.15, 0.2) is 5.78 Å². The Bertz CT molecular complexity index is 800. The van der Waals surface area contributed by atoms with Crippen molar-refractivity contribution in [3.8, 4) is 0 Å². The number of aliphatic hydroxyl groups is 1. The number of ketones is 1. The molecule has 1 aromatic carbocycles. The van der Waals surface area contributed by atoms with Gasteiger partial charge in [0.25, 0.3) is 0 Å². The average Bonchev–Trinajstić information content (AvgIpc) is 3.13. The maximum absolute atomic E-state index is 12.0. The minimum atomic E-state index is -0.300. The Morgan fingerprint density at radius 1 is 1.00 bits per heavy atom. The number of thioether (sulfide) groups is 1. The first-order valence-corrected chi connectivity index (χ1v) is 13.0. The zero-order valence-corrected chi connectivity index (χ0v) is 19.7. The molecule has 1 aliphatic carbocycles. The van der Waals surface area contributed by atoms with Crippen LogP contribution in [0.1, 0.15) is 82.6 Å². The molecule has 174 valence electrons. The summed E-state index contributed by atoms with van der Waals surface area (Å²) in [5, 5.41) is 14.8. The topological polar surface area (TPSA) is 76.0 Å². The molecule has 1 unspecified atom stereocenters. The molecule has 1 saturated heterocycles. The van der Waals surface area contributed by atoms with Crippen LogP contribution in [0.3, 0.4) is 0 Å². The molecule has 0 bridgehead atoms. The van der Waals surface area contributed by atoms with Crippen LogP contribution in [0.5, 0.6) is 0 Å². The second-order valence-electron chi connectivity index (χ2n) is 8.77. The molecule has 1 N–H and O–H groups in total. The fraction of sp³-hybridized carbons (Fsp3) is 0.577. The number of hydrogen-bond acceptors (Lipinski definition) is 6. The number of carbonyl (C=O) groups excluding carboxylic acids is 2. The molecule has 32 heavy (non-hydrogen) atoms. The van der Waals surface area contributed by atoms with E-state index in [1.165, 1.54) is 38.5 Å². The van der Waals surface area contributed by atoms with Crippen molar-refractivity contribution in [2.24, 2.45) is 11.1 Å². The van der Waals surface area contributed by atoms with Crippen LogP contribution in [0, 0.1) is 5.92 Å². The van der Waals surface area contributed by atoms with Gasteiger partial charge < -0.3 is 9.94 Å². The highest BCUT2D eigenvalue weighted by Gasteiger charge is 2.31. The molecule has 1 aliphatic heterocycles. The predicted molar refractivity (Wildman–Crippen MR) is 130 cm³/mol. The predicted octanol–water partition coefficient (Wildman–Crippen LogP) is 6.52. The van der Waals surface area contributed by atoms with Gasteiger partial charge in [-0.2, -0.15) is 0 Å². The Labute approximate surface area is 195 Å². The summed E-state index contributed by atoms with van der Waals surface area (Å²) in [7, 11) is 0. The van der Waals surface area contributed by atoms with E-state index in [9.17, 15) is 14.7 Å². The Balaban J connectivity index is 1.70. The van der Waals surface area contributed by atoms with Crippen LogP contribution in [0.25, 0.3) is 0 Å². The molecular weight excluding hydrogens is 422 g/mol. The SMILES string of the molecule is O=C1CSC(=O)/C1=C(/O)CCC1CCCCCCCCCCC1=NOCc1ccccc1. The number of oxime groups is 1. The van der Waals surface area contributed by atoms with Gasteiger partial charge in [0.1, 0.15) is 17.9 Å². The third kappa shape index (κ3) is 7.80. The second-order valence-corrected chi connectivity index (χ2v) is 9.71. The number of nitrogens with zero attached hydrogens (tertiary/aromatic N) is 1. The van der Waals surface area contributed by atoms with Crippen molar-refractivity contribution < 1.29 is 19.5 Å². The fourth-order valence-corrected chi connectivity index (χ4v) is 5.21. The van der Waals surface area contributed by atoms with Gasteiger partial charge in [-0.25, -0.2) is 0 Å². The number of carbonyl (C=O) groups is 2. The highest BCUT2D eigenvalue weighted by molar-refractivity contribution is 8.15. The lowest BCUT2D eigenvalue weighted by Gasteiger charge is -2.20. The van der Waals surface area contributed by atoms with E-state index in [1.807, 2.05) is 30.3 Å². The van der Waals surface area contributed by atoms with Crippen molar-refractivity contribution in [1.29, 1.82) is 0 Å². The number of allylic oxidation sites excluding steroid dienone is 1. The molecule has 0 spiro atoms. The summed E-state index contributed by atoms with van der Waals surface area (Å²) in [6, 6.07) is 10.0. The van der Waals surface area contributed by atoms with Gasteiger partial charge in [-0.15, -0.1) is 0 Å². The first-order chi connectivity index (χ1) is 15.6. The quantitative estimate of drug-likeness (QED) is 0.228. The largest absolute Gasteiger partial charge is 0.511 e. The minimum absolute atomic E-state index is 0.00182. The zero-order chi connectivity index (χ0) is 22.6. The Morgan fingerprint density at radius 3 is 2.38 bits per heavy atom. The van der Waals surface area contributed by atoms with Crippen LogP contribution in [0.4, 0.5) is 0 Å². The standard InChI is InChI=1S/C26H35NO4S/c28-23(25-24(29)19-32-26(25)30)17-16-21-14-10-5-3-1-2-4-6-11-15-22(21)27-31-18-20-12-8-7-9-13-20/h7-9,12-13,21,28H,1-6,10-11,14-19H2/b25-23+,27-22?. The molecule has 2 aliphatic rings. The van der Waals surface area contributed by atoms with E-state index >= 15 is 0 Å². The van der Waals surface area contributed by atoms with Crippen LogP contribution in [0.2, 0.25) is 0 Å². The Kier molecular flexibility index (Phi) is 10.3. The van der Waals surface area contributed by atoms with E-state index < -0.39 is 0 Å². The molecular formula is C26H35NO4S. The third-order valence-electron chi connectivity index (χ3n) is 6.30. The minimum Gasteiger partial charge on any atom is -0.511 e. The van der Waals surface area contributed by atoms with E-state index in [-0.39, 0.29) is 33.9 Å². The molecule has 2 fully saturated rings. The molecule has 3 rings (SSSR count). The third-order valence-corrected chi connectivity index (χ3v) is 7.17. The Hall–Kier alpha value is -2.08. The van der Waals surface area contributed by atoms with E-state index in [0.717, 1.165) is 48.7 Å². The number of aliphatic hydroxyl groups excluding tert-OH is 1. The van der Waals surface area contributed by atoms with Crippen molar-refractivity contribution in [2.45, 2.75) is 83.7 Å². The summed E-state index contributed by atoms with van der Waals surface area (Å²) in [5.41, 5.74) is 2.14. The highest BCUT2D eigenvalue weighted by atomic mass is 32.2. The molecule has 1 heterocycles. The van der Waals surface area contributed by atoms with Gasteiger partial charge in [-0.05, 0) is 31.2 Å². The number of benzene rings is 1. The molecule has 6 heteroatoms. The first-order valence-electron chi connectivity index (χ1n) is 12.0. The summed E-state index contributed by atoms with van der Waals surface area (Å²) >= 11 is 0.978. The van der Waals surface area contributed by atoms with Crippen molar-refractivity contribution in [3.63, 3.8) is 0 Å². The monoisotopic (exact) mass is 457 g/mol. The first kappa shape index (κ1) is 24.6. The normalized spacial score (nSPS) is 24.1. The molecule has 1 aromatic rings. The lowest BCUT2D eigenvalue weighted by molar-refractivity contribution is -0.115. The molecule has 0 amide bonds. The molecule has 5 nitrogen and oxygen atoms in total. The number of rotatable bonds is 6. The maximum atomic E-state index is 12.0. The molecule has 0 aromatic heterocycles. The van der Waals surface area contributed by atoms with E-state index in [0.29, 0.717) is 19.4 Å². The van der Waals surface area contributed by atoms with E-state index in [4.69, 9.17) is 4.84 Å². The molecule has 1 saturated carbocycles. The summed E-state index contributed by atoms with van der Waals surface area (Å²) in [6.07, 6.45) is 12.6. The average molecular weight is 458 g/mol. The van der Waals surface area contributed by atoms with Gasteiger partial charge in [0, 0.05) is 12.3 Å². The highest BCUT2D eigenvalue weighted by Crippen LogP contribution is 2.29. The van der Waals surface area contributed by atoms with Crippen molar-refractivity contribution in [2.75, 3.05) is 5.75 Å². The molecule has 1 atom stereocenters. The lowest BCUT2D eigenvalue weighted by Crippen LogP contribution is -2.17. The Morgan fingerprint density at radius 2 is 1.69 bits per heavy atom. The van der Waals surface area contributed by atoms with Crippen LogP contribution in [-0.2, 0) is 21.0 Å². The summed E-state index contributed by atoms with van der Waals surface area (Å²) < 4.78 is 0. The van der Waals surface area contributed by atoms with E-state index in [2.05, 4.69) is 5.16 Å². The van der Waals surface area contributed by atoms with Crippen LogP contribution in [-0.4, -0.2) is 27.5 Å². The molecule has 0 radical (unpaired) electrons. The number of hydrogen-bond donors (Lipinski definition) is 1. The summed E-state index contributed by atoms with van der Waals surface area (Å²) in [5.74, 6) is 0.0194. The maximum Gasteiger partial charge on any atom is 0.226 e. The second kappa shape index (κ2) is 13.5. The van der Waals surface area contributed by atoms with Crippen LogP contribution < -0.4 is 0 Å². The van der Waals surface area contributed by atoms with Gasteiger partial charge in [0.2, 0.25) is 5.12 Å². The van der Waals surface area contributed by atoms with Crippen LogP contribution in [0.15, 0.2) is 46.8 Å². The van der Waals surface area contributed by atoms with Gasteiger partial charge in [-0.1, -0.05) is 92.2 Å². The lowest BCUT2D eigenvalue weighted by atomic mass is 9.87. The van der Waals surface area contributed by atoms with Gasteiger partial charge in [0.05, 0.1) is 11.5 Å². The van der Waals surface area contributed by atoms with Crippen molar-refractivity contribution in [3.05, 3.63) is 47.2 Å². The fourth-order valence-electron chi connectivity index (χ4n) is 4.43. The summed E-state index contributed by atoms with van der Waals surface area (Å²) in [6.45, 7) is 0.437. The number of Topliss-reactive ketones (excluding diaryl/α,β-unsaturated/α-hetero) is 1. The van der Waals surface area contributed by atoms with Gasteiger partial charge in [-0.3, -0.25) is 9.59 Å². The van der Waals surface area contributed by atoms with Crippen LogP contribution >= 0.6 is 11.8 Å². The van der Waals surface area contributed by atoms with Crippen molar-refractivity contribution in [1.82, 2.24) is 0 Å².